The van der Waals surface area contributed by atoms with Crippen molar-refractivity contribution in [2.75, 3.05) is 0 Å². The first-order valence-corrected chi connectivity index (χ1v) is 8.50. The van der Waals surface area contributed by atoms with Gasteiger partial charge in [-0.2, -0.15) is 0 Å². The molecule has 0 heterocycles. The zero-order valence-electron chi connectivity index (χ0n) is 12.7. The maximum Gasteiger partial charge on any atom is 0.0961 e. The summed E-state index contributed by atoms with van der Waals surface area (Å²) in [5.74, 6) is 0. The zero-order valence-corrected chi connectivity index (χ0v) is 14.2. The predicted octanol–water partition coefficient (Wildman–Crippen LogP) is 6.54. The van der Waals surface area contributed by atoms with Crippen molar-refractivity contribution in [1.82, 2.24) is 0 Å². The third kappa shape index (κ3) is 3.60. The van der Waals surface area contributed by atoms with Crippen LogP contribution in [0.5, 0.6) is 0 Å². The highest BCUT2D eigenvalue weighted by atomic mass is 35.5. The fourth-order valence-corrected chi connectivity index (χ4v) is 3.70. The van der Waals surface area contributed by atoms with Crippen molar-refractivity contribution < 1.29 is 0 Å². The molecule has 0 saturated heterocycles. The Hall–Kier alpha value is -1.76. The Kier molecular flexibility index (Phi) is 5.05. The van der Waals surface area contributed by atoms with E-state index < -0.39 is 4.87 Å². The summed E-state index contributed by atoms with van der Waals surface area (Å²) in [4.78, 5) is -0.648. The monoisotopic (exact) mass is 340 g/mol. The van der Waals surface area contributed by atoms with Crippen LogP contribution in [-0.4, -0.2) is 0 Å². The quantitative estimate of drug-likeness (QED) is 0.462. The van der Waals surface area contributed by atoms with Gasteiger partial charge in [-0.25, -0.2) is 0 Å². The number of hydrogen-bond donors (Lipinski definition) is 0. The molecule has 1 unspecified atom stereocenters. The number of hydrogen-bond acceptors (Lipinski definition) is 0. The van der Waals surface area contributed by atoms with Gasteiger partial charge in [0, 0.05) is 0 Å². The number of benzene rings is 3. The molecule has 2 heteroatoms. The summed E-state index contributed by atoms with van der Waals surface area (Å²) >= 11 is 13.9. The minimum atomic E-state index is -0.648. The van der Waals surface area contributed by atoms with Gasteiger partial charge in [-0.15, -0.1) is 23.2 Å². The molecule has 0 aliphatic heterocycles. The van der Waals surface area contributed by atoms with Crippen molar-refractivity contribution in [2.45, 2.75) is 16.7 Å². The van der Waals surface area contributed by atoms with Crippen LogP contribution in [0.15, 0.2) is 91.0 Å². The maximum atomic E-state index is 7.15. The number of halogens is 2. The molecule has 0 N–H and O–H groups in total. The highest BCUT2D eigenvalue weighted by Gasteiger charge is 2.34. The Labute approximate surface area is 147 Å². The molecule has 0 amide bonds. The third-order valence-corrected chi connectivity index (χ3v) is 5.08. The van der Waals surface area contributed by atoms with Crippen LogP contribution >= 0.6 is 23.2 Å². The van der Waals surface area contributed by atoms with Gasteiger partial charge in [0.15, 0.2) is 0 Å². The lowest BCUT2D eigenvalue weighted by molar-refractivity contribution is 0.633. The molecule has 23 heavy (non-hydrogen) atoms. The average molecular weight is 341 g/mol. The van der Waals surface area contributed by atoms with E-state index >= 15 is 0 Å². The largest absolute Gasteiger partial charge is 0.118 e. The van der Waals surface area contributed by atoms with E-state index in [1.807, 2.05) is 66.7 Å². The van der Waals surface area contributed by atoms with Crippen LogP contribution in [-0.2, 0) is 4.87 Å². The fourth-order valence-electron chi connectivity index (χ4n) is 2.83. The molecule has 3 rings (SSSR count). The van der Waals surface area contributed by atoms with Gasteiger partial charge in [0.25, 0.3) is 0 Å². The van der Waals surface area contributed by atoms with E-state index in [-0.39, 0.29) is 5.38 Å². The summed E-state index contributed by atoms with van der Waals surface area (Å²) in [7, 11) is 0. The van der Waals surface area contributed by atoms with Crippen LogP contribution in [0.25, 0.3) is 0 Å². The second-order valence-corrected chi connectivity index (χ2v) is 6.79. The zero-order chi connectivity index (χ0) is 16.1. The molecular formula is C21H18Cl2. The van der Waals surface area contributed by atoms with Gasteiger partial charge in [-0.3, -0.25) is 0 Å². The summed E-state index contributed by atoms with van der Waals surface area (Å²) in [5, 5.41) is -0.158. The second-order valence-electron chi connectivity index (χ2n) is 5.62. The lowest BCUT2D eigenvalue weighted by atomic mass is 9.85. The van der Waals surface area contributed by atoms with Gasteiger partial charge in [-0.1, -0.05) is 91.0 Å². The first-order valence-electron chi connectivity index (χ1n) is 7.69. The summed E-state index contributed by atoms with van der Waals surface area (Å²) in [6.45, 7) is 0. The Morgan fingerprint density at radius 1 is 0.652 bits per heavy atom. The van der Waals surface area contributed by atoms with Crippen LogP contribution in [0.4, 0.5) is 0 Å². The molecule has 0 radical (unpaired) electrons. The topological polar surface area (TPSA) is 0 Å². The number of rotatable bonds is 5. The van der Waals surface area contributed by atoms with Crippen LogP contribution in [0.3, 0.4) is 0 Å². The molecule has 0 saturated carbocycles. The molecule has 3 aromatic carbocycles. The maximum absolute atomic E-state index is 7.15. The summed E-state index contributed by atoms with van der Waals surface area (Å²) in [5.41, 5.74) is 3.22. The Bertz CT molecular complexity index is 684. The standard InChI is InChI=1S/C21H18Cl2/c22-20(17-10-4-1-5-11-17)16-21(23,18-12-6-2-7-13-18)19-14-8-3-9-15-19/h1-15,20H,16H2. The fraction of sp³-hybridized carbons (Fsp3) is 0.143. The van der Waals surface area contributed by atoms with Gasteiger partial charge in [0.05, 0.1) is 10.3 Å². The van der Waals surface area contributed by atoms with E-state index in [1.54, 1.807) is 0 Å². The number of alkyl halides is 2. The third-order valence-electron chi connectivity index (χ3n) is 4.08. The Balaban J connectivity index is 2.00. The van der Waals surface area contributed by atoms with Crippen molar-refractivity contribution in [3.8, 4) is 0 Å². The lowest BCUT2D eigenvalue weighted by Crippen LogP contribution is -2.22. The molecule has 0 aromatic heterocycles. The molecule has 0 spiro atoms. The highest BCUT2D eigenvalue weighted by molar-refractivity contribution is 6.27. The molecule has 3 aromatic rings. The van der Waals surface area contributed by atoms with E-state index in [9.17, 15) is 0 Å². The normalized spacial score (nSPS) is 12.8. The van der Waals surface area contributed by atoms with E-state index in [1.165, 1.54) is 0 Å². The van der Waals surface area contributed by atoms with E-state index in [4.69, 9.17) is 23.2 Å². The van der Waals surface area contributed by atoms with Crippen LogP contribution in [0, 0.1) is 0 Å². The van der Waals surface area contributed by atoms with Gasteiger partial charge in [0.1, 0.15) is 0 Å². The first kappa shape index (κ1) is 16.1. The molecule has 0 bridgehead atoms. The molecule has 0 nitrogen and oxygen atoms in total. The molecule has 0 aliphatic carbocycles. The van der Waals surface area contributed by atoms with E-state index in [0.717, 1.165) is 16.7 Å². The predicted molar refractivity (Wildman–Crippen MR) is 99.2 cm³/mol. The van der Waals surface area contributed by atoms with Gasteiger partial charge >= 0.3 is 0 Å². The minimum absolute atomic E-state index is 0.158. The van der Waals surface area contributed by atoms with Crippen LogP contribution < -0.4 is 0 Å². The van der Waals surface area contributed by atoms with E-state index in [0.29, 0.717) is 6.42 Å². The van der Waals surface area contributed by atoms with Crippen LogP contribution in [0.1, 0.15) is 28.5 Å². The van der Waals surface area contributed by atoms with Crippen molar-refractivity contribution in [2.24, 2.45) is 0 Å². The van der Waals surface area contributed by atoms with E-state index in [2.05, 4.69) is 24.3 Å². The lowest BCUT2D eigenvalue weighted by Gasteiger charge is -2.30. The molecule has 1 atom stereocenters. The van der Waals surface area contributed by atoms with Crippen LogP contribution in [0.2, 0.25) is 0 Å². The van der Waals surface area contributed by atoms with Crippen molar-refractivity contribution in [3.05, 3.63) is 108 Å². The highest BCUT2D eigenvalue weighted by Crippen LogP contribution is 2.45. The average Bonchev–Trinajstić information content (AvgIpc) is 2.64. The van der Waals surface area contributed by atoms with Gasteiger partial charge < -0.3 is 0 Å². The Morgan fingerprint density at radius 2 is 1.04 bits per heavy atom. The SMILES string of the molecule is ClC(CC(Cl)(c1ccccc1)c1ccccc1)c1ccccc1. The minimum Gasteiger partial charge on any atom is -0.118 e. The molecule has 116 valence electrons. The summed E-state index contributed by atoms with van der Waals surface area (Å²) in [6, 6.07) is 30.4. The van der Waals surface area contributed by atoms with Gasteiger partial charge in [0.2, 0.25) is 0 Å². The first-order chi connectivity index (χ1) is 11.2. The van der Waals surface area contributed by atoms with Crippen molar-refractivity contribution in [3.63, 3.8) is 0 Å². The van der Waals surface area contributed by atoms with Gasteiger partial charge in [-0.05, 0) is 23.1 Å². The smallest absolute Gasteiger partial charge is 0.0961 e. The van der Waals surface area contributed by atoms with Crippen molar-refractivity contribution in [1.29, 1.82) is 0 Å². The molecule has 0 aliphatic rings. The Morgan fingerprint density at radius 3 is 1.48 bits per heavy atom. The molecule has 0 fully saturated rings. The van der Waals surface area contributed by atoms with Crippen molar-refractivity contribution >= 4 is 23.2 Å². The molecular weight excluding hydrogens is 323 g/mol. The second kappa shape index (κ2) is 7.21. The summed E-state index contributed by atoms with van der Waals surface area (Å²) < 4.78 is 0. The summed E-state index contributed by atoms with van der Waals surface area (Å²) in [6.07, 6.45) is 0.619.